The minimum atomic E-state index is 0.0911. The molecule has 17 heavy (non-hydrogen) atoms. The zero-order valence-corrected chi connectivity index (χ0v) is 10.6. The third-order valence-corrected chi connectivity index (χ3v) is 3.57. The topological polar surface area (TPSA) is 47.3 Å². The predicted molar refractivity (Wildman–Crippen MR) is 70.5 cm³/mol. The molecule has 3 nitrogen and oxygen atoms in total. The molecule has 1 aromatic carbocycles. The molecule has 94 valence electrons. The highest BCUT2D eigenvalue weighted by atomic mass is 35.5. The molecule has 3 N–H and O–H groups in total. The maximum absolute atomic E-state index is 6.15. The third kappa shape index (κ3) is 3.60. The van der Waals surface area contributed by atoms with Gasteiger partial charge in [0.1, 0.15) is 12.4 Å². The van der Waals surface area contributed by atoms with E-state index in [1.165, 1.54) is 0 Å². The lowest BCUT2D eigenvalue weighted by Crippen LogP contribution is -2.41. The smallest absolute Gasteiger partial charge is 0.137 e. The van der Waals surface area contributed by atoms with Gasteiger partial charge in [0, 0.05) is 6.04 Å². The molecular formula is C13H19ClN2O. The molecule has 2 rings (SSSR count). The zero-order valence-electron chi connectivity index (χ0n) is 9.86. The third-order valence-electron chi connectivity index (χ3n) is 3.26. The summed E-state index contributed by atoms with van der Waals surface area (Å²) in [6.07, 6.45) is 2.26. The maximum atomic E-state index is 6.15. The number of nitrogens with two attached hydrogens (primary N) is 1. The fraction of sp³-hybridized carbons (Fsp3) is 0.538. The second kappa shape index (κ2) is 6.24. The number of hydrogen-bond donors (Lipinski definition) is 2. The molecule has 1 unspecified atom stereocenters. The first-order valence-corrected chi connectivity index (χ1v) is 6.49. The fourth-order valence-electron chi connectivity index (χ4n) is 2.16. The van der Waals surface area contributed by atoms with E-state index in [1.54, 1.807) is 0 Å². The number of nitrogens with one attached hydrogen (secondary N) is 1. The standard InChI is InChI=1S/C13H19ClN2O/c14-11-3-1-2-4-13(11)17-9-12(15)10-5-7-16-8-6-10/h1-4,10,12,16H,5-9,15H2. The molecule has 0 aromatic heterocycles. The van der Waals surface area contributed by atoms with Gasteiger partial charge in [-0.15, -0.1) is 0 Å². The van der Waals surface area contributed by atoms with Gasteiger partial charge >= 0.3 is 0 Å². The zero-order chi connectivity index (χ0) is 12.1. The molecule has 0 saturated carbocycles. The summed E-state index contributed by atoms with van der Waals surface area (Å²) in [4.78, 5) is 0. The molecule has 0 aliphatic carbocycles. The summed E-state index contributed by atoms with van der Waals surface area (Å²) in [5.41, 5.74) is 6.15. The van der Waals surface area contributed by atoms with Crippen LogP contribution in [0.5, 0.6) is 5.75 Å². The van der Waals surface area contributed by atoms with Crippen molar-refractivity contribution < 1.29 is 4.74 Å². The van der Waals surface area contributed by atoms with Crippen LogP contribution < -0.4 is 15.8 Å². The monoisotopic (exact) mass is 254 g/mol. The van der Waals surface area contributed by atoms with Gasteiger partial charge in [-0.3, -0.25) is 0 Å². The normalized spacial score (nSPS) is 18.9. The maximum Gasteiger partial charge on any atom is 0.137 e. The second-order valence-electron chi connectivity index (χ2n) is 4.49. The number of halogens is 1. The summed E-state index contributed by atoms with van der Waals surface area (Å²) >= 11 is 6.02. The molecule has 1 aliphatic heterocycles. The largest absolute Gasteiger partial charge is 0.490 e. The van der Waals surface area contributed by atoms with Crippen LogP contribution in [-0.2, 0) is 0 Å². The molecule has 1 atom stereocenters. The first-order valence-electron chi connectivity index (χ1n) is 6.11. The van der Waals surface area contributed by atoms with Crippen molar-refractivity contribution >= 4 is 11.6 Å². The Morgan fingerprint density at radius 3 is 2.76 bits per heavy atom. The van der Waals surface area contributed by atoms with Crippen LogP contribution in [0.4, 0.5) is 0 Å². The lowest BCUT2D eigenvalue weighted by atomic mass is 9.91. The van der Waals surface area contributed by atoms with Crippen LogP contribution in [0, 0.1) is 5.92 Å². The highest BCUT2D eigenvalue weighted by molar-refractivity contribution is 6.32. The first-order chi connectivity index (χ1) is 8.27. The summed E-state index contributed by atoms with van der Waals surface area (Å²) in [6.45, 7) is 2.66. The van der Waals surface area contributed by atoms with Gasteiger partial charge in [-0.2, -0.15) is 0 Å². The van der Waals surface area contributed by atoms with Gasteiger partial charge in [0.15, 0.2) is 0 Å². The molecule has 0 spiro atoms. The average Bonchev–Trinajstić information content (AvgIpc) is 2.38. The Labute approximate surface area is 107 Å². The van der Waals surface area contributed by atoms with E-state index < -0.39 is 0 Å². The quantitative estimate of drug-likeness (QED) is 0.865. The summed E-state index contributed by atoms with van der Waals surface area (Å²) in [5.74, 6) is 1.28. The van der Waals surface area contributed by atoms with E-state index in [-0.39, 0.29) is 6.04 Å². The Bertz CT molecular complexity index is 353. The number of para-hydroxylation sites is 1. The van der Waals surface area contributed by atoms with Crippen molar-refractivity contribution in [3.8, 4) is 5.75 Å². The van der Waals surface area contributed by atoms with E-state index >= 15 is 0 Å². The molecule has 0 bridgehead atoms. The first kappa shape index (κ1) is 12.7. The number of hydrogen-bond acceptors (Lipinski definition) is 3. The lowest BCUT2D eigenvalue weighted by Gasteiger charge is -2.28. The van der Waals surface area contributed by atoms with Crippen molar-refractivity contribution in [2.45, 2.75) is 18.9 Å². The van der Waals surface area contributed by atoms with Gasteiger partial charge in [-0.25, -0.2) is 0 Å². The summed E-state index contributed by atoms with van der Waals surface area (Å²) < 4.78 is 5.67. The summed E-state index contributed by atoms with van der Waals surface area (Å²) in [6, 6.07) is 7.59. The van der Waals surface area contributed by atoms with Gasteiger partial charge in [-0.1, -0.05) is 23.7 Å². The molecule has 0 radical (unpaired) electrons. The van der Waals surface area contributed by atoms with E-state index in [2.05, 4.69) is 5.32 Å². The summed E-state index contributed by atoms with van der Waals surface area (Å²) in [7, 11) is 0. The molecule has 1 aliphatic rings. The highest BCUT2D eigenvalue weighted by Gasteiger charge is 2.20. The van der Waals surface area contributed by atoms with Gasteiger partial charge in [-0.05, 0) is 44.0 Å². The second-order valence-corrected chi connectivity index (χ2v) is 4.90. The predicted octanol–water partition coefficient (Wildman–Crippen LogP) is 2.05. The van der Waals surface area contributed by atoms with Crippen LogP contribution in [0.25, 0.3) is 0 Å². The lowest BCUT2D eigenvalue weighted by molar-refractivity contribution is 0.219. The van der Waals surface area contributed by atoms with Crippen molar-refractivity contribution in [2.75, 3.05) is 19.7 Å². The van der Waals surface area contributed by atoms with E-state index in [4.69, 9.17) is 22.1 Å². The van der Waals surface area contributed by atoms with Gasteiger partial charge in [0.05, 0.1) is 5.02 Å². The molecule has 4 heteroatoms. The molecule has 1 saturated heterocycles. The van der Waals surface area contributed by atoms with Gasteiger partial charge in [0.2, 0.25) is 0 Å². The Balaban J connectivity index is 1.83. The SMILES string of the molecule is NC(COc1ccccc1Cl)C1CCNCC1. The molecule has 1 aromatic rings. The number of piperidine rings is 1. The summed E-state index contributed by atoms with van der Waals surface area (Å²) in [5, 5.41) is 3.98. The van der Waals surface area contributed by atoms with Gasteiger partial charge in [0.25, 0.3) is 0 Å². The Hall–Kier alpha value is -0.770. The molecule has 1 fully saturated rings. The van der Waals surface area contributed by atoms with Crippen LogP contribution in [0.2, 0.25) is 5.02 Å². The molecule has 0 amide bonds. The number of benzene rings is 1. The minimum absolute atomic E-state index is 0.0911. The molecular weight excluding hydrogens is 236 g/mol. The van der Waals surface area contributed by atoms with E-state index in [9.17, 15) is 0 Å². The van der Waals surface area contributed by atoms with Crippen molar-refractivity contribution in [3.63, 3.8) is 0 Å². The van der Waals surface area contributed by atoms with Crippen LogP contribution in [-0.4, -0.2) is 25.7 Å². The Morgan fingerprint density at radius 2 is 2.06 bits per heavy atom. The van der Waals surface area contributed by atoms with Crippen LogP contribution in [0.15, 0.2) is 24.3 Å². The van der Waals surface area contributed by atoms with E-state index in [1.807, 2.05) is 24.3 Å². The van der Waals surface area contributed by atoms with Crippen LogP contribution in [0.3, 0.4) is 0 Å². The molecule has 1 heterocycles. The Morgan fingerprint density at radius 1 is 1.35 bits per heavy atom. The van der Waals surface area contributed by atoms with Crippen LogP contribution in [0.1, 0.15) is 12.8 Å². The van der Waals surface area contributed by atoms with Crippen LogP contribution >= 0.6 is 11.6 Å². The number of rotatable bonds is 4. The van der Waals surface area contributed by atoms with E-state index in [0.717, 1.165) is 31.7 Å². The van der Waals surface area contributed by atoms with Crippen molar-refractivity contribution in [1.29, 1.82) is 0 Å². The fourth-order valence-corrected chi connectivity index (χ4v) is 2.35. The van der Waals surface area contributed by atoms with Crippen molar-refractivity contribution in [3.05, 3.63) is 29.3 Å². The van der Waals surface area contributed by atoms with E-state index in [0.29, 0.717) is 17.5 Å². The van der Waals surface area contributed by atoms with Gasteiger partial charge < -0.3 is 15.8 Å². The Kier molecular flexibility index (Phi) is 4.66. The average molecular weight is 255 g/mol. The number of ether oxygens (including phenoxy) is 1. The van der Waals surface area contributed by atoms with Crippen molar-refractivity contribution in [2.24, 2.45) is 11.7 Å². The van der Waals surface area contributed by atoms with Crippen molar-refractivity contribution in [1.82, 2.24) is 5.32 Å². The minimum Gasteiger partial charge on any atom is -0.490 e. The highest BCUT2D eigenvalue weighted by Crippen LogP contribution is 2.24.